The molecule has 0 saturated heterocycles. The van der Waals surface area contributed by atoms with E-state index < -0.39 is 0 Å². The number of hydrogen-bond acceptors (Lipinski definition) is 4. The Hall–Kier alpha value is -3.73. The molecular weight excluding hydrogens is 386 g/mol. The van der Waals surface area contributed by atoms with Crippen LogP contribution in [-0.2, 0) is 6.42 Å². The van der Waals surface area contributed by atoms with Crippen LogP contribution in [-0.4, -0.2) is 27.5 Å². The quantitative estimate of drug-likeness (QED) is 0.403. The maximum atomic E-state index is 13.4. The molecule has 31 heavy (non-hydrogen) atoms. The van der Waals surface area contributed by atoms with E-state index in [1.54, 1.807) is 0 Å². The van der Waals surface area contributed by atoms with Gasteiger partial charge in [-0.05, 0) is 31.5 Å². The minimum atomic E-state index is -0.0912. The first-order valence-corrected chi connectivity index (χ1v) is 10.4. The highest BCUT2D eigenvalue weighted by Gasteiger charge is 2.23. The van der Waals surface area contributed by atoms with Crippen molar-refractivity contribution in [3.63, 3.8) is 0 Å². The third-order valence-corrected chi connectivity index (χ3v) is 5.38. The molecule has 3 aromatic carbocycles. The van der Waals surface area contributed by atoms with E-state index in [0.717, 1.165) is 16.7 Å². The summed E-state index contributed by atoms with van der Waals surface area (Å²) in [7, 11) is 0. The summed E-state index contributed by atoms with van der Waals surface area (Å²) in [5.74, 6) is 1.06. The number of rotatable bonds is 7. The Morgan fingerprint density at radius 2 is 1.58 bits per heavy atom. The second-order valence-electron chi connectivity index (χ2n) is 7.58. The van der Waals surface area contributed by atoms with Gasteiger partial charge in [0.1, 0.15) is 0 Å². The Kier molecular flexibility index (Phi) is 6.22. The smallest absolute Gasteiger partial charge is 0.254 e. The van der Waals surface area contributed by atoms with Crippen molar-refractivity contribution in [3.05, 3.63) is 108 Å². The molecule has 0 unspecified atom stereocenters. The van der Waals surface area contributed by atoms with Crippen LogP contribution in [0.4, 0.5) is 0 Å². The van der Waals surface area contributed by atoms with E-state index in [1.165, 1.54) is 0 Å². The van der Waals surface area contributed by atoms with Crippen molar-refractivity contribution >= 4 is 5.91 Å². The lowest BCUT2D eigenvalue weighted by atomic mass is 10.0. The van der Waals surface area contributed by atoms with Crippen LogP contribution in [0.2, 0.25) is 0 Å². The van der Waals surface area contributed by atoms with E-state index >= 15 is 0 Å². The summed E-state index contributed by atoms with van der Waals surface area (Å²) in [6.07, 6.45) is 0.481. The molecule has 0 N–H and O–H groups in total. The number of aryl methyl sites for hydroxylation is 1. The molecule has 4 aromatic rings. The van der Waals surface area contributed by atoms with Crippen molar-refractivity contribution in [1.82, 2.24) is 15.0 Å². The number of carbonyl (C=O) groups is 1. The molecule has 0 fully saturated rings. The lowest BCUT2D eigenvalue weighted by Crippen LogP contribution is -2.35. The summed E-state index contributed by atoms with van der Waals surface area (Å²) in [5.41, 5.74) is 3.78. The van der Waals surface area contributed by atoms with Crippen molar-refractivity contribution in [1.29, 1.82) is 0 Å². The van der Waals surface area contributed by atoms with Crippen molar-refractivity contribution in [2.45, 2.75) is 26.3 Å². The highest BCUT2D eigenvalue weighted by atomic mass is 16.5. The molecule has 5 nitrogen and oxygen atoms in total. The number of nitrogens with zero attached hydrogens (tertiary/aromatic N) is 3. The number of aromatic nitrogens is 2. The molecule has 0 aliphatic carbocycles. The largest absolute Gasteiger partial charge is 0.339 e. The molecule has 4 rings (SSSR count). The van der Waals surface area contributed by atoms with Crippen LogP contribution in [0, 0.1) is 6.92 Å². The molecule has 1 atom stereocenters. The first-order chi connectivity index (χ1) is 15.1. The summed E-state index contributed by atoms with van der Waals surface area (Å²) in [4.78, 5) is 19.8. The van der Waals surface area contributed by atoms with Crippen LogP contribution in [0.15, 0.2) is 89.5 Å². The molecular formula is C26H25N3O2. The highest BCUT2D eigenvalue weighted by Crippen LogP contribution is 2.23. The number of amides is 1. The Morgan fingerprint density at radius 3 is 2.26 bits per heavy atom. The predicted molar refractivity (Wildman–Crippen MR) is 121 cm³/mol. The van der Waals surface area contributed by atoms with E-state index in [9.17, 15) is 4.79 Å². The van der Waals surface area contributed by atoms with E-state index in [-0.39, 0.29) is 11.9 Å². The zero-order valence-corrected chi connectivity index (χ0v) is 17.7. The van der Waals surface area contributed by atoms with Crippen LogP contribution < -0.4 is 0 Å². The molecule has 0 spiro atoms. The summed E-state index contributed by atoms with van der Waals surface area (Å²) < 4.78 is 5.46. The van der Waals surface area contributed by atoms with Crippen LogP contribution in [0.25, 0.3) is 11.4 Å². The third kappa shape index (κ3) is 4.89. The molecule has 0 saturated carbocycles. The lowest BCUT2D eigenvalue weighted by Gasteiger charge is -2.29. The normalized spacial score (nSPS) is 11.8. The topological polar surface area (TPSA) is 59.2 Å². The number of carbonyl (C=O) groups excluding carboxylic acids is 1. The second kappa shape index (κ2) is 9.39. The number of hydrogen-bond donors (Lipinski definition) is 0. The summed E-state index contributed by atoms with van der Waals surface area (Å²) in [6, 6.07) is 27.3. The van der Waals surface area contributed by atoms with E-state index in [2.05, 4.69) is 10.1 Å². The molecule has 156 valence electrons. The first kappa shape index (κ1) is 20.5. The monoisotopic (exact) mass is 411 g/mol. The van der Waals surface area contributed by atoms with Gasteiger partial charge in [-0.3, -0.25) is 4.79 Å². The molecule has 1 aromatic heterocycles. The van der Waals surface area contributed by atoms with E-state index in [0.29, 0.717) is 30.2 Å². The van der Waals surface area contributed by atoms with Gasteiger partial charge in [0.05, 0.1) is 6.04 Å². The highest BCUT2D eigenvalue weighted by molar-refractivity contribution is 5.94. The molecule has 0 radical (unpaired) electrons. The minimum Gasteiger partial charge on any atom is -0.339 e. The van der Waals surface area contributed by atoms with E-state index in [1.807, 2.05) is 104 Å². The van der Waals surface area contributed by atoms with Gasteiger partial charge in [-0.25, -0.2) is 0 Å². The Morgan fingerprint density at radius 1 is 0.935 bits per heavy atom. The Balaban J connectivity index is 1.55. The fraction of sp³-hybridized carbons (Fsp3) is 0.192. The van der Waals surface area contributed by atoms with E-state index in [4.69, 9.17) is 4.52 Å². The van der Waals surface area contributed by atoms with Crippen LogP contribution in [0.3, 0.4) is 0 Å². The second-order valence-corrected chi connectivity index (χ2v) is 7.58. The molecule has 0 aliphatic rings. The zero-order valence-electron chi connectivity index (χ0n) is 17.7. The Labute approximate surface area is 182 Å². The molecule has 0 aliphatic heterocycles. The molecule has 0 bridgehead atoms. The fourth-order valence-corrected chi connectivity index (χ4v) is 3.52. The molecule has 1 amide bonds. The summed E-state index contributed by atoms with van der Waals surface area (Å²) in [6.45, 7) is 4.53. The minimum absolute atomic E-state index is 0.0147. The van der Waals surface area contributed by atoms with Crippen molar-refractivity contribution in [2.24, 2.45) is 0 Å². The number of benzene rings is 3. The van der Waals surface area contributed by atoms with Crippen molar-refractivity contribution in [3.8, 4) is 11.4 Å². The fourth-order valence-electron chi connectivity index (χ4n) is 3.52. The standard InChI is InChI=1S/C26H25N3O2/c1-19-13-15-23(16-14-19)26(30)29(20(2)21-9-5-3-6-10-21)18-17-24-27-25(28-31-24)22-11-7-4-8-12-22/h3-16,20H,17-18H2,1-2H3/t20-/m1/s1. The SMILES string of the molecule is Cc1ccc(C(=O)N(CCc2nc(-c3ccccc3)no2)[C@H](C)c2ccccc2)cc1. The Bertz CT molecular complexity index is 1120. The zero-order chi connectivity index (χ0) is 21.6. The van der Waals surface area contributed by atoms with Crippen LogP contribution >= 0.6 is 0 Å². The van der Waals surface area contributed by atoms with Crippen LogP contribution in [0.1, 0.15) is 40.3 Å². The first-order valence-electron chi connectivity index (χ1n) is 10.4. The average Bonchev–Trinajstić information content (AvgIpc) is 3.29. The van der Waals surface area contributed by atoms with Gasteiger partial charge < -0.3 is 9.42 Å². The maximum absolute atomic E-state index is 13.4. The van der Waals surface area contributed by atoms with Gasteiger partial charge in [0.15, 0.2) is 0 Å². The lowest BCUT2D eigenvalue weighted by molar-refractivity contribution is 0.0689. The van der Waals surface area contributed by atoms with Gasteiger partial charge >= 0.3 is 0 Å². The van der Waals surface area contributed by atoms with Crippen molar-refractivity contribution in [2.75, 3.05) is 6.54 Å². The maximum Gasteiger partial charge on any atom is 0.254 e. The van der Waals surface area contributed by atoms with Gasteiger partial charge in [0.25, 0.3) is 5.91 Å². The van der Waals surface area contributed by atoms with Gasteiger partial charge in [0.2, 0.25) is 11.7 Å². The van der Waals surface area contributed by atoms with Gasteiger partial charge in [0, 0.05) is 24.1 Å². The van der Waals surface area contributed by atoms with Gasteiger partial charge in [-0.15, -0.1) is 0 Å². The third-order valence-electron chi connectivity index (χ3n) is 5.38. The van der Waals surface area contributed by atoms with Crippen LogP contribution in [0.5, 0.6) is 0 Å². The average molecular weight is 412 g/mol. The van der Waals surface area contributed by atoms with Gasteiger partial charge in [-0.1, -0.05) is 83.5 Å². The summed E-state index contributed by atoms with van der Waals surface area (Å²) >= 11 is 0. The van der Waals surface area contributed by atoms with Gasteiger partial charge in [-0.2, -0.15) is 4.98 Å². The molecule has 5 heteroatoms. The predicted octanol–water partition coefficient (Wildman–Crippen LogP) is 5.49. The summed E-state index contributed by atoms with van der Waals surface area (Å²) in [5, 5.41) is 4.09. The molecule has 1 heterocycles. The van der Waals surface area contributed by atoms with Crippen molar-refractivity contribution < 1.29 is 9.32 Å².